The van der Waals surface area contributed by atoms with Crippen molar-refractivity contribution < 1.29 is 4.79 Å². The van der Waals surface area contributed by atoms with Crippen LogP contribution in [0.4, 0.5) is 0 Å². The Morgan fingerprint density at radius 3 is 2.62 bits per heavy atom. The van der Waals surface area contributed by atoms with Crippen molar-refractivity contribution in [3.05, 3.63) is 51.8 Å². The van der Waals surface area contributed by atoms with Crippen LogP contribution < -0.4 is 11.1 Å². The number of carbonyl (C=O) groups is 1. The van der Waals surface area contributed by atoms with Crippen LogP contribution in [0.5, 0.6) is 0 Å². The molecule has 0 spiro atoms. The van der Waals surface area contributed by atoms with Crippen molar-refractivity contribution in [3.63, 3.8) is 0 Å². The van der Waals surface area contributed by atoms with Gasteiger partial charge in [0.25, 0.3) is 0 Å². The second-order valence-electron chi connectivity index (χ2n) is 4.83. The number of hydrogen-bond acceptors (Lipinski definition) is 3. The molecule has 3 N–H and O–H groups in total. The van der Waals surface area contributed by atoms with Gasteiger partial charge < -0.3 is 11.1 Å². The predicted molar refractivity (Wildman–Crippen MR) is 83.2 cm³/mol. The fourth-order valence-electron chi connectivity index (χ4n) is 1.92. The molecule has 1 aromatic carbocycles. The van der Waals surface area contributed by atoms with Gasteiger partial charge >= 0.3 is 0 Å². The number of hydrogen-bond donors (Lipinski definition) is 2. The molecule has 0 fully saturated rings. The molecule has 0 saturated heterocycles. The van der Waals surface area contributed by atoms with Crippen molar-refractivity contribution >= 4 is 29.1 Å². The molecule has 1 amide bonds. The highest BCUT2D eigenvalue weighted by atomic mass is 35.5. The molecule has 0 aliphatic rings. The summed E-state index contributed by atoms with van der Waals surface area (Å²) in [4.78, 5) is 12.2. The molecule has 1 aromatic heterocycles. The summed E-state index contributed by atoms with van der Waals surface area (Å²) in [6.07, 6.45) is 3.29. The molecular weight excluding hydrogens is 311 g/mol. The van der Waals surface area contributed by atoms with E-state index in [0.717, 1.165) is 5.56 Å². The van der Waals surface area contributed by atoms with Crippen LogP contribution in [-0.2, 0) is 11.8 Å². The minimum absolute atomic E-state index is 0.227. The minimum atomic E-state index is -0.760. The first kappa shape index (κ1) is 15.8. The van der Waals surface area contributed by atoms with E-state index in [1.807, 2.05) is 13.0 Å². The minimum Gasteiger partial charge on any atom is -0.348 e. The lowest BCUT2D eigenvalue weighted by Gasteiger charge is -2.17. The Balaban J connectivity index is 2.06. The Labute approximate surface area is 133 Å². The van der Waals surface area contributed by atoms with E-state index in [9.17, 15) is 4.79 Å². The first-order chi connectivity index (χ1) is 9.88. The number of nitrogens with one attached hydrogen (secondary N) is 1. The Hall–Kier alpha value is -1.56. The Morgan fingerprint density at radius 1 is 1.33 bits per heavy atom. The van der Waals surface area contributed by atoms with Crippen molar-refractivity contribution in [1.29, 1.82) is 0 Å². The molecule has 112 valence electrons. The van der Waals surface area contributed by atoms with E-state index in [0.29, 0.717) is 15.6 Å². The average Bonchev–Trinajstić information content (AvgIpc) is 2.87. The quantitative estimate of drug-likeness (QED) is 0.907. The highest BCUT2D eigenvalue weighted by molar-refractivity contribution is 6.42. The molecule has 2 rings (SSSR count). The summed E-state index contributed by atoms with van der Waals surface area (Å²) in [5, 5.41) is 7.78. The van der Waals surface area contributed by atoms with Gasteiger partial charge in [-0.05, 0) is 24.6 Å². The maximum Gasteiger partial charge on any atom is 0.242 e. The van der Waals surface area contributed by atoms with Crippen LogP contribution >= 0.6 is 23.2 Å². The van der Waals surface area contributed by atoms with Gasteiger partial charge in [0.1, 0.15) is 6.04 Å². The zero-order valence-corrected chi connectivity index (χ0v) is 13.2. The number of benzene rings is 1. The molecule has 5 nitrogen and oxygen atoms in total. The van der Waals surface area contributed by atoms with Crippen LogP contribution in [-0.4, -0.2) is 15.7 Å². The van der Waals surface area contributed by atoms with Gasteiger partial charge in [-0.1, -0.05) is 29.3 Å². The van der Waals surface area contributed by atoms with Crippen LogP contribution in [0.2, 0.25) is 10.0 Å². The number of aromatic nitrogens is 2. The number of carbonyl (C=O) groups excluding carboxylic acids is 1. The SMILES string of the molecule is CC(NC(=O)C(N)c1cnn(C)c1)c1ccc(Cl)c(Cl)c1. The summed E-state index contributed by atoms with van der Waals surface area (Å²) in [6, 6.07) is 4.25. The summed E-state index contributed by atoms with van der Waals surface area (Å²) in [6.45, 7) is 1.85. The van der Waals surface area contributed by atoms with Gasteiger partial charge in [-0.3, -0.25) is 9.48 Å². The Bertz CT molecular complexity index is 656. The molecule has 0 aliphatic heterocycles. The lowest BCUT2D eigenvalue weighted by atomic mass is 10.1. The summed E-state index contributed by atoms with van der Waals surface area (Å²) < 4.78 is 1.60. The van der Waals surface area contributed by atoms with E-state index < -0.39 is 6.04 Å². The third-order valence-corrected chi connectivity index (χ3v) is 3.91. The Morgan fingerprint density at radius 2 is 2.05 bits per heavy atom. The van der Waals surface area contributed by atoms with E-state index in [2.05, 4.69) is 10.4 Å². The van der Waals surface area contributed by atoms with Crippen LogP contribution in [0.1, 0.15) is 30.1 Å². The third kappa shape index (κ3) is 3.75. The molecular formula is C14H16Cl2N4O. The standard InChI is InChI=1S/C14H16Cl2N4O/c1-8(9-3-4-11(15)12(16)5-9)19-14(21)13(17)10-6-18-20(2)7-10/h3-8,13H,17H2,1-2H3,(H,19,21). The molecule has 0 aliphatic carbocycles. The first-order valence-electron chi connectivity index (χ1n) is 6.38. The van der Waals surface area contributed by atoms with Gasteiger partial charge in [-0.25, -0.2) is 0 Å². The van der Waals surface area contributed by atoms with Crippen LogP contribution in [0, 0.1) is 0 Å². The highest BCUT2D eigenvalue weighted by Gasteiger charge is 2.19. The van der Waals surface area contributed by atoms with Gasteiger partial charge in [0, 0.05) is 18.8 Å². The van der Waals surface area contributed by atoms with Crippen LogP contribution in [0.25, 0.3) is 0 Å². The fourth-order valence-corrected chi connectivity index (χ4v) is 2.23. The van der Waals surface area contributed by atoms with E-state index in [1.54, 1.807) is 36.3 Å². The molecule has 1 heterocycles. The van der Waals surface area contributed by atoms with Crippen LogP contribution in [0.3, 0.4) is 0 Å². The highest BCUT2D eigenvalue weighted by Crippen LogP contribution is 2.25. The van der Waals surface area contributed by atoms with Crippen molar-refractivity contribution in [3.8, 4) is 0 Å². The summed E-state index contributed by atoms with van der Waals surface area (Å²) >= 11 is 11.9. The second kappa shape index (κ2) is 6.47. The Kier molecular flexibility index (Phi) is 4.88. The van der Waals surface area contributed by atoms with Crippen LogP contribution in [0.15, 0.2) is 30.6 Å². The number of aryl methyl sites for hydroxylation is 1. The average molecular weight is 327 g/mol. The number of nitrogens with two attached hydrogens (primary N) is 1. The fraction of sp³-hybridized carbons (Fsp3) is 0.286. The number of nitrogens with zero attached hydrogens (tertiary/aromatic N) is 2. The normalized spacial score (nSPS) is 13.8. The summed E-state index contributed by atoms with van der Waals surface area (Å²) in [5.41, 5.74) is 7.44. The number of halogens is 2. The van der Waals surface area contributed by atoms with Crippen molar-refractivity contribution in [1.82, 2.24) is 15.1 Å². The van der Waals surface area contributed by atoms with Gasteiger partial charge in [-0.15, -0.1) is 0 Å². The van der Waals surface area contributed by atoms with Crippen molar-refractivity contribution in [2.24, 2.45) is 12.8 Å². The molecule has 0 bridgehead atoms. The molecule has 2 aromatic rings. The van der Waals surface area contributed by atoms with Gasteiger partial charge in [0.05, 0.1) is 22.3 Å². The predicted octanol–water partition coefficient (Wildman–Crippen LogP) is 2.60. The van der Waals surface area contributed by atoms with Gasteiger partial charge in [-0.2, -0.15) is 5.10 Å². The number of amides is 1. The molecule has 2 unspecified atom stereocenters. The van der Waals surface area contributed by atoms with Crippen molar-refractivity contribution in [2.75, 3.05) is 0 Å². The van der Waals surface area contributed by atoms with E-state index in [1.165, 1.54) is 0 Å². The molecule has 0 radical (unpaired) electrons. The zero-order chi connectivity index (χ0) is 15.6. The lowest BCUT2D eigenvalue weighted by Crippen LogP contribution is -2.35. The zero-order valence-electron chi connectivity index (χ0n) is 11.7. The second-order valence-corrected chi connectivity index (χ2v) is 5.64. The van der Waals surface area contributed by atoms with Crippen molar-refractivity contribution in [2.45, 2.75) is 19.0 Å². The molecule has 21 heavy (non-hydrogen) atoms. The van der Waals surface area contributed by atoms with E-state index >= 15 is 0 Å². The monoisotopic (exact) mass is 326 g/mol. The van der Waals surface area contributed by atoms with E-state index in [-0.39, 0.29) is 11.9 Å². The number of rotatable bonds is 4. The van der Waals surface area contributed by atoms with Gasteiger partial charge in [0.2, 0.25) is 5.91 Å². The largest absolute Gasteiger partial charge is 0.348 e. The topological polar surface area (TPSA) is 72.9 Å². The first-order valence-corrected chi connectivity index (χ1v) is 7.13. The maximum absolute atomic E-state index is 12.2. The third-order valence-electron chi connectivity index (χ3n) is 3.17. The lowest BCUT2D eigenvalue weighted by molar-refractivity contribution is -0.123. The summed E-state index contributed by atoms with van der Waals surface area (Å²) in [5.74, 6) is -0.276. The molecule has 7 heteroatoms. The molecule has 0 saturated carbocycles. The van der Waals surface area contributed by atoms with E-state index in [4.69, 9.17) is 28.9 Å². The maximum atomic E-state index is 12.2. The molecule has 2 atom stereocenters. The smallest absolute Gasteiger partial charge is 0.242 e. The summed E-state index contributed by atoms with van der Waals surface area (Å²) in [7, 11) is 1.77. The van der Waals surface area contributed by atoms with Gasteiger partial charge in [0.15, 0.2) is 0 Å².